The summed E-state index contributed by atoms with van der Waals surface area (Å²) in [5, 5.41) is 14.5. The predicted molar refractivity (Wildman–Crippen MR) is 108 cm³/mol. The van der Waals surface area contributed by atoms with E-state index in [2.05, 4.69) is 11.4 Å². The quantitative estimate of drug-likeness (QED) is 0.563. The lowest BCUT2D eigenvalue weighted by molar-refractivity contribution is 0.295. The van der Waals surface area contributed by atoms with E-state index in [-0.39, 0.29) is 10.8 Å². The third-order valence-electron chi connectivity index (χ3n) is 5.24. The van der Waals surface area contributed by atoms with Gasteiger partial charge in [0.05, 0.1) is 18.5 Å². The second-order valence-electron chi connectivity index (χ2n) is 6.97. The van der Waals surface area contributed by atoms with Crippen molar-refractivity contribution in [2.24, 2.45) is 5.92 Å². The van der Waals surface area contributed by atoms with Crippen molar-refractivity contribution in [1.82, 2.24) is 4.57 Å². The summed E-state index contributed by atoms with van der Waals surface area (Å²) in [5.41, 5.74) is 1.03. The molecule has 0 spiro atoms. The molecule has 0 amide bonds. The van der Waals surface area contributed by atoms with E-state index in [1.54, 1.807) is 11.3 Å². The lowest BCUT2D eigenvalue weighted by Gasteiger charge is -2.12. The SMILES string of the molecule is O=c1scc(O)n1Cc1ccc(OCCCC2CCCC2)c2ccsc12. The highest BCUT2D eigenvalue weighted by Gasteiger charge is 2.15. The van der Waals surface area contributed by atoms with Crippen molar-refractivity contribution in [3.05, 3.63) is 44.2 Å². The van der Waals surface area contributed by atoms with Crippen molar-refractivity contribution >= 4 is 32.8 Å². The van der Waals surface area contributed by atoms with E-state index in [1.807, 2.05) is 12.1 Å². The molecule has 0 unspecified atom stereocenters. The van der Waals surface area contributed by atoms with Crippen molar-refractivity contribution < 1.29 is 9.84 Å². The molecule has 6 heteroatoms. The maximum atomic E-state index is 11.9. The lowest BCUT2D eigenvalue weighted by atomic mass is 10.0. The van der Waals surface area contributed by atoms with Crippen LogP contribution in [0.2, 0.25) is 0 Å². The van der Waals surface area contributed by atoms with Gasteiger partial charge in [0.1, 0.15) is 5.75 Å². The predicted octanol–water partition coefficient (Wildman–Crippen LogP) is 5.23. The van der Waals surface area contributed by atoms with Gasteiger partial charge in [-0.15, -0.1) is 11.3 Å². The maximum Gasteiger partial charge on any atom is 0.310 e. The highest BCUT2D eigenvalue weighted by Crippen LogP contribution is 2.34. The second-order valence-corrected chi connectivity index (χ2v) is 8.71. The Morgan fingerprint density at radius 3 is 2.81 bits per heavy atom. The van der Waals surface area contributed by atoms with Gasteiger partial charge in [-0.2, -0.15) is 0 Å². The Bertz CT molecular complexity index is 934. The Morgan fingerprint density at radius 1 is 1.19 bits per heavy atom. The monoisotopic (exact) mass is 389 g/mol. The van der Waals surface area contributed by atoms with Gasteiger partial charge in [0.2, 0.25) is 5.88 Å². The van der Waals surface area contributed by atoms with Crippen molar-refractivity contribution in [3.63, 3.8) is 0 Å². The van der Waals surface area contributed by atoms with Crippen molar-refractivity contribution in [3.8, 4) is 11.6 Å². The number of aromatic hydroxyl groups is 1. The molecule has 0 bridgehead atoms. The van der Waals surface area contributed by atoms with E-state index in [0.717, 1.165) is 51.7 Å². The number of thiophene rings is 1. The second kappa shape index (κ2) is 7.84. The Kier molecular flexibility index (Phi) is 5.31. The van der Waals surface area contributed by atoms with Crippen LogP contribution in [0.1, 0.15) is 44.1 Å². The Labute approximate surface area is 160 Å². The van der Waals surface area contributed by atoms with Crippen LogP contribution in [0.15, 0.2) is 33.8 Å². The van der Waals surface area contributed by atoms with Gasteiger partial charge in [0, 0.05) is 10.1 Å². The number of rotatable bonds is 7. The minimum atomic E-state index is -0.139. The summed E-state index contributed by atoms with van der Waals surface area (Å²) >= 11 is 2.67. The first kappa shape index (κ1) is 17.6. The zero-order valence-electron chi connectivity index (χ0n) is 14.6. The summed E-state index contributed by atoms with van der Waals surface area (Å²) in [6.07, 6.45) is 7.94. The molecule has 1 aromatic carbocycles. The number of hydrogen-bond donors (Lipinski definition) is 1. The fourth-order valence-corrected chi connectivity index (χ4v) is 5.38. The van der Waals surface area contributed by atoms with Crippen molar-refractivity contribution in [2.45, 2.75) is 45.1 Å². The fourth-order valence-electron chi connectivity index (χ4n) is 3.84. The molecule has 1 aliphatic carbocycles. The van der Waals surface area contributed by atoms with Crippen LogP contribution in [0.5, 0.6) is 11.6 Å². The molecule has 138 valence electrons. The molecule has 2 heterocycles. The van der Waals surface area contributed by atoms with Crippen LogP contribution in [0, 0.1) is 5.92 Å². The summed E-state index contributed by atoms with van der Waals surface area (Å²) in [6, 6.07) is 6.08. The molecule has 0 atom stereocenters. The van der Waals surface area contributed by atoms with Gasteiger partial charge in [-0.25, -0.2) is 0 Å². The summed E-state index contributed by atoms with van der Waals surface area (Å²) < 4.78 is 8.59. The van der Waals surface area contributed by atoms with Gasteiger partial charge in [0.25, 0.3) is 0 Å². The van der Waals surface area contributed by atoms with Crippen LogP contribution in [0.25, 0.3) is 10.1 Å². The summed E-state index contributed by atoms with van der Waals surface area (Å²) in [7, 11) is 0. The summed E-state index contributed by atoms with van der Waals surface area (Å²) in [5.74, 6) is 1.84. The number of fused-ring (bicyclic) bond motifs is 1. The smallest absolute Gasteiger partial charge is 0.310 e. The number of ether oxygens (including phenoxy) is 1. The molecule has 4 rings (SSSR count). The topological polar surface area (TPSA) is 51.5 Å². The van der Waals surface area contributed by atoms with Crippen LogP contribution in [-0.2, 0) is 6.54 Å². The van der Waals surface area contributed by atoms with Gasteiger partial charge < -0.3 is 9.84 Å². The molecular formula is C20H23NO3S2. The maximum absolute atomic E-state index is 11.9. The fraction of sp³-hybridized carbons (Fsp3) is 0.450. The Hall–Kier alpha value is -1.79. The molecule has 1 aliphatic rings. The molecule has 3 aromatic rings. The molecule has 0 aliphatic heterocycles. The summed E-state index contributed by atoms with van der Waals surface area (Å²) in [6.45, 7) is 1.14. The third kappa shape index (κ3) is 3.67. The van der Waals surface area contributed by atoms with Gasteiger partial charge >= 0.3 is 4.87 Å². The number of hydrogen-bond acceptors (Lipinski definition) is 5. The molecule has 2 aromatic heterocycles. The van der Waals surface area contributed by atoms with E-state index in [4.69, 9.17) is 4.74 Å². The molecule has 4 nitrogen and oxygen atoms in total. The van der Waals surface area contributed by atoms with Crippen LogP contribution < -0.4 is 9.61 Å². The molecule has 0 saturated heterocycles. The minimum Gasteiger partial charge on any atom is -0.494 e. The van der Waals surface area contributed by atoms with E-state index >= 15 is 0 Å². The van der Waals surface area contributed by atoms with Crippen LogP contribution >= 0.6 is 22.7 Å². The number of nitrogens with zero attached hydrogens (tertiary/aromatic N) is 1. The van der Waals surface area contributed by atoms with E-state index in [1.165, 1.54) is 42.1 Å². The first-order chi connectivity index (χ1) is 12.7. The third-order valence-corrected chi connectivity index (χ3v) is 6.98. The first-order valence-electron chi connectivity index (χ1n) is 9.21. The number of thiazole rings is 1. The standard InChI is InChI=1S/C20H23NO3S2/c22-18-13-26-20(23)21(18)12-15-7-8-17(16-9-11-25-19(15)16)24-10-3-6-14-4-1-2-5-14/h7-9,11,13-14,22H,1-6,10,12H2. The van der Waals surface area contributed by atoms with E-state index in [9.17, 15) is 9.90 Å². The largest absolute Gasteiger partial charge is 0.494 e. The van der Waals surface area contributed by atoms with E-state index < -0.39 is 0 Å². The van der Waals surface area contributed by atoms with Crippen LogP contribution in [0.3, 0.4) is 0 Å². The molecular weight excluding hydrogens is 366 g/mol. The van der Waals surface area contributed by atoms with Crippen molar-refractivity contribution in [2.75, 3.05) is 6.61 Å². The van der Waals surface area contributed by atoms with Gasteiger partial charge in [-0.1, -0.05) is 43.1 Å². The molecule has 1 saturated carbocycles. The zero-order valence-corrected chi connectivity index (χ0v) is 16.3. The van der Waals surface area contributed by atoms with Gasteiger partial charge in [0.15, 0.2) is 0 Å². The molecule has 1 fully saturated rings. The first-order valence-corrected chi connectivity index (χ1v) is 11.0. The zero-order chi connectivity index (χ0) is 17.9. The molecule has 1 N–H and O–H groups in total. The number of benzene rings is 1. The average molecular weight is 390 g/mol. The summed E-state index contributed by atoms with van der Waals surface area (Å²) in [4.78, 5) is 11.7. The Balaban J connectivity index is 1.46. The lowest BCUT2D eigenvalue weighted by Crippen LogP contribution is -2.13. The highest BCUT2D eigenvalue weighted by molar-refractivity contribution is 7.17. The number of aromatic nitrogens is 1. The van der Waals surface area contributed by atoms with Crippen molar-refractivity contribution in [1.29, 1.82) is 0 Å². The normalized spacial score (nSPS) is 15.1. The highest BCUT2D eigenvalue weighted by atomic mass is 32.1. The van der Waals surface area contributed by atoms with Crippen LogP contribution in [-0.4, -0.2) is 16.3 Å². The molecule has 0 radical (unpaired) electrons. The van der Waals surface area contributed by atoms with Crippen LogP contribution in [0.4, 0.5) is 0 Å². The molecule has 26 heavy (non-hydrogen) atoms. The Morgan fingerprint density at radius 2 is 2.04 bits per heavy atom. The average Bonchev–Trinajstić information content (AvgIpc) is 3.38. The van der Waals surface area contributed by atoms with E-state index in [0.29, 0.717) is 6.54 Å². The van der Waals surface area contributed by atoms with Gasteiger partial charge in [-0.3, -0.25) is 9.36 Å². The minimum absolute atomic E-state index is 0.0249. The van der Waals surface area contributed by atoms with Gasteiger partial charge in [-0.05, 0) is 41.8 Å².